The lowest BCUT2D eigenvalue weighted by molar-refractivity contribution is 0.972. The van der Waals surface area contributed by atoms with Crippen LogP contribution in [0.4, 0.5) is 5.95 Å². The van der Waals surface area contributed by atoms with E-state index >= 15 is 0 Å². The molecule has 142 valence electrons. The molecule has 29 heavy (non-hydrogen) atoms. The Morgan fingerprint density at radius 1 is 0.759 bits per heavy atom. The van der Waals surface area contributed by atoms with Gasteiger partial charge in [-0.2, -0.15) is 5.10 Å². The van der Waals surface area contributed by atoms with Crippen LogP contribution in [0.1, 0.15) is 12.5 Å². The minimum Gasteiger partial charge on any atom is -0.244 e. The van der Waals surface area contributed by atoms with Gasteiger partial charge in [-0.1, -0.05) is 88.7 Å². The summed E-state index contributed by atoms with van der Waals surface area (Å²) in [6.07, 6.45) is 0. The van der Waals surface area contributed by atoms with E-state index < -0.39 is 0 Å². The van der Waals surface area contributed by atoms with Crippen molar-refractivity contribution >= 4 is 27.6 Å². The Morgan fingerprint density at radius 3 is 1.97 bits per heavy atom. The van der Waals surface area contributed by atoms with Crippen LogP contribution in [-0.2, 0) is 0 Å². The molecule has 3 aromatic carbocycles. The van der Waals surface area contributed by atoms with Gasteiger partial charge in [0.2, 0.25) is 0 Å². The fourth-order valence-corrected chi connectivity index (χ4v) is 3.11. The minimum absolute atomic E-state index is 0.347. The molecule has 0 unspecified atom stereocenters. The summed E-state index contributed by atoms with van der Waals surface area (Å²) < 4.78 is 1.03. The normalized spacial score (nSPS) is 11.3. The molecule has 0 saturated heterocycles. The van der Waals surface area contributed by atoms with E-state index in [1.165, 1.54) is 0 Å². The van der Waals surface area contributed by atoms with Crippen molar-refractivity contribution < 1.29 is 0 Å². The highest BCUT2D eigenvalue weighted by atomic mass is 79.9. The van der Waals surface area contributed by atoms with Gasteiger partial charge in [-0.25, -0.2) is 10.4 Å². The van der Waals surface area contributed by atoms with Gasteiger partial charge in [0.05, 0.1) is 5.71 Å². The Kier molecular flexibility index (Phi) is 5.72. The second-order valence-corrected chi connectivity index (χ2v) is 7.30. The molecular formula is C23H18BrN5. The van der Waals surface area contributed by atoms with Crippen LogP contribution in [0, 0.1) is 0 Å². The van der Waals surface area contributed by atoms with Crippen molar-refractivity contribution in [1.29, 1.82) is 0 Å². The van der Waals surface area contributed by atoms with Crippen LogP contribution < -0.4 is 5.43 Å². The third kappa shape index (κ3) is 4.55. The summed E-state index contributed by atoms with van der Waals surface area (Å²) in [5.74, 6) is 0.347. The zero-order valence-electron chi connectivity index (χ0n) is 15.7. The SMILES string of the molecule is CC(=NNc1nnc(-c2ccccc2)c(-c2ccccc2)n1)c1ccc(Br)cc1. The summed E-state index contributed by atoms with van der Waals surface area (Å²) in [5, 5.41) is 13.1. The van der Waals surface area contributed by atoms with Gasteiger partial charge in [-0.15, -0.1) is 10.2 Å². The van der Waals surface area contributed by atoms with Crippen LogP contribution >= 0.6 is 15.9 Å². The molecule has 1 N–H and O–H groups in total. The van der Waals surface area contributed by atoms with Gasteiger partial charge in [0, 0.05) is 15.6 Å². The first-order valence-corrected chi connectivity index (χ1v) is 9.92. The average molecular weight is 444 g/mol. The Labute approximate surface area is 177 Å². The van der Waals surface area contributed by atoms with E-state index in [1.807, 2.05) is 91.9 Å². The molecule has 0 spiro atoms. The molecule has 6 heteroatoms. The highest BCUT2D eigenvalue weighted by molar-refractivity contribution is 9.10. The van der Waals surface area contributed by atoms with Crippen molar-refractivity contribution in [3.05, 3.63) is 95.0 Å². The quantitative estimate of drug-likeness (QED) is 0.312. The highest BCUT2D eigenvalue weighted by Crippen LogP contribution is 2.28. The number of halogens is 1. The predicted molar refractivity (Wildman–Crippen MR) is 121 cm³/mol. The molecule has 1 heterocycles. The van der Waals surface area contributed by atoms with E-state index in [-0.39, 0.29) is 0 Å². The highest BCUT2D eigenvalue weighted by Gasteiger charge is 2.13. The van der Waals surface area contributed by atoms with Crippen LogP contribution in [0.3, 0.4) is 0 Å². The van der Waals surface area contributed by atoms with Gasteiger partial charge in [-0.05, 0) is 24.6 Å². The van der Waals surface area contributed by atoms with Gasteiger partial charge in [0.1, 0.15) is 11.4 Å². The summed E-state index contributed by atoms with van der Waals surface area (Å²) >= 11 is 3.44. The molecule has 0 aliphatic carbocycles. The Morgan fingerprint density at radius 2 is 1.34 bits per heavy atom. The molecule has 0 aliphatic rings. The number of hydrogen-bond donors (Lipinski definition) is 1. The second kappa shape index (κ2) is 8.75. The van der Waals surface area contributed by atoms with Crippen molar-refractivity contribution in [2.45, 2.75) is 6.92 Å². The summed E-state index contributed by atoms with van der Waals surface area (Å²) in [4.78, 5) is 4.70. The van der Waals surface area contributed by atoms with Gasteiger partial charge in [-0.3, -0.25) is 0 Å². The first kappa shape index (κ1) is 19.0. The Hall–Kier alpha value is -3.38. The fraction of sp³-hybridized carbons (Fsp3) is 0.0435. The van der Waals surface area contributed by atoms with E-state index in [1.54, 1.807) is 0 Å². The van der Waals surface area contributed by atoms with E-state index in [0.717, 1.165) is 38.3 Å². The number of hydrazone groups is 1. The monoisotopic (exact) mass is 443 g/mol. The van der Waals surface area contributed by atoms with Crippen LogP contribution in [0.15, 0.2) is 94.5 Å². The number of hydrogen-bond acceptors (Lipinski definition) is 5. The van der Waals surface area contributed by atoms with Gasteiger partial charge in [0.25, 0.3) is 5.95 Å². The van der Waals surface area contributed by atoms with Crippen molar-refractivity contribution in [3.63, 3.8) is 0 Å². The third-order valence-electron chi connectivity index (χ3n) is 4.37. The van der Waals surface area contributed by atoms with Crippen molar-refractivity contribution in [3.8, 4) is 22.5 Å². The fourth-order valence-electron chi connectivity index (χ4n) is 2.85. The van der Waals surface area contributed by atoms with Gasteiger partial charge in [0.15, 0.2) is 0 Å². The lowest BCUT2D eigenvalue weighted by atomic mass is 10.0. The Bertz CT molecular complexity index is 1130. The minimum atomic E-state index is 0.347. The summed E-state index contributed by atoms with van der Waals surface area (Å²) in [7, 11) is 0. The molecule has 0 radical (unpaired) electrons. The molecular weight excluding hydrogens is 426 g/mol. The number of rotatable bonds is 5. The largest absolute Gasteiger partial charge is 0.263 e. The smallest absolute Gasteiger partial charge is 0.244 e. The molecule has 4 rings (SSSR count). The predicted octanol–water partition coefficient (Wildman–Crippen LogP) is 5.80. The van der Waals surface area contributed by atoms with Crippen LogP contribution in [0.25, 0.3) is 22.5 Å². The topological polar surface area (TPSA) is 63.1 Å². The van der Waals surface area contributed by atoms with Crippen LogP contribution in [0.2, 0.25) is 0 Å². The molecule has 0 atom stereocenters. The standard InChI is InChI=1S/C23H18BrN5/c1-16(17-12-14-20(24)15-13-17)26-28-23-25-21(18-8-4-2-5-9-18)22(27-29-23)19-10-6-3-7-11-19/h2-15H,1H3,(H,25,28,29). The zero-order chi connectivity index (χ0) is 20.1. The first-order valence-electron chi connectivity index (χ1n) is 9.12. The lowest BCUT2D eigenvalue weighted by Gasteiger charge is -2.09. The molecule has 0 bridgehead atoms. The number of aromatic nitrogens is 3. The molecule has 0 aliphatic heterocycles. The lowest BCUT2D eigenvalue weighted by Crippen LogP contribution is -2.05. The maximum atomic E-state index is 4.70. The van der Waals surface area contributed by atoms with Gasteiger partial charge < -0.3 is 0 Å². The average Bonchev–Trinajstić information content (AvgIpc) is 2.79. The molecule has 0 saturated carbocycles. The summed E-state index contributed by atoms with van der Waals surface area (Å²) in [5.41, 5.74) is 8.20. The number of anilines is 1. The maximum absolute atomic E-state index is 4.70. The summed E-state index contributed by atoms with van der Waals surface area (Å²) in [6, 6.07) is 27.8. The van der Waals surface area contributed by atoms with E-state index in [2.05, 4.69) is 36.7 Å². The molecule has 0 amide bonds. The number of nitrogens with one attached hydrogen (secondary N) is 1. The van der Waals surface area contributed by atoms with Crippen LogP contribution in [0.5, 0.6) is 0 Å². The number of nitrogens with zero attached hydrogens (tertiary/aromatic N) is 4. The van der Waals surface area contributed by atoms with Gasteiger partial charge >= 0.3 is 0 Å². The Balaban J connectivity index is 1.68. The molecule has 5 nitrogen and oxygen atoms in total. The third-order valence-corrected chi connectivity index (χ3v) is 4.90. The van der Waals surface area contributed by atoms with Crippen molar-refractivity contribution in [2.75, 3.05) is 5.43 Å². The van der Waals surface area contributed by atoms with Crippen LogP contribution in [-0.4, -0.2) is 20.9 Å². The van der Waals surface area contributed by atoms with E-state index in [9.17, 15) is 0 Å². The molecule has 1 aromatic heterocycles. The second-order valence-electron chi connectivity index (χ2n) is 6.38. The molecule has 4 aromatic rings. The van der Waals surface area contributed by atoms with E-state index in [4.69, 9.17) is 4.98 Å². The zero-order valence-corrected chi connectivity index (χ0v) is 17.3. The number of benzene rings is 3. The molecule has 0 fully saturated rings. The maximum Gasteiger partial charge on any atom is 0.263 e. The van der Waals surface area contributed by atoms with E-state index in [0.29, 0.717) is 5.95 Å². The van der Waals surface area contributed by atoms with Crippen molar-refractivity contribution in [1.82, 2.24) is 15.2 Å². The summed E-state index contributed by atoms with van der Waals surface area (Å²) in [6.45, 7) is 1.93. The first-order chi connectivity index (χ1) is 14.2. The van der Waals surface area contributed by atoms with Crippen molar-refractivity contribution in [2.24, 2.45) is 5.10 Å².